The van der Waals surface area contributed by atoms with Crippen LogP contribution in [0.2, 0.25) is 0 Å². The molecule has 0 radical (unpaired) electrons. The minimum Gasteiger partial charge on any atom is -0.304 e. The molecule has 0 saturated heterocycles. The van der Waals surface area contributed by atoms with E-state index in [0.29, 0.717) is 12.5 Å². The molecule has 2 N–H and O–H groups in total. The van der Waals surface area contributed by atoms with Crippen molar-refractivity contribution in [3.05, 3.63) is 0 Å². The van der Waals surface area contributed by atoms with Crippen LogP contribution in [0, 0.1) is 0 Å². The molecule has 0 aliphatic rings. The Morgan fingerprint density at radius 3 is 2.43 bits per heavy atom. The van der Waals surface area contributed by atoms with Gasteiger partial charge in [0.15, 0.2) is 0 Å². The molecule has 0 aliphatic heterocycles. The van der Waals surface area contributed by atoms with E-state index in [1.807, 2.05) is 7.05 Å². The highest BCUT2D eigenvalue weighted by Crippen LogP contribution is 2.04. The van der Waals surface area contributed by atoms with Gasteiger partial charge in [0.25, 0.3) is 0 Å². The maximum atomic E-state index is 10.7. The Morgan fingerprint density at radius 2 is 2.00 bits per heavy atom. The fourth-order valence-corrected chi connectivity index (χ4v) is 1.91. The maximum absolute atomic E-state index is 10.7. The van der Waals surface area contributed by atoms with E-state index >= 15 is 0 Å². The Morgan fingerprint density at radius 1 is 1.43 bits per heavy atom. The number of hydrogen-bond donors (Lipinski definition) is 1. The molecule has 0 fully saturated rings. The van der Waals surface area contributed by atoms with Gasteiger partial charge in [0.1, 0.15) is 0 Å². The topological polar surface area (TPSA) is 63.4 Å². The molecule has 0 saturated carbocycles. The largest absolute Gasteiger partial charge is 0.304 e. The molecule has 1 unspecified atom stereocenters. The molecule has 0 bridgehead atoms. The first-order valence-corrected chi connectivity index (χ1v) is 6.79. The van der Waals surface area contributed by atoms with Gasteiger partial charge in [-0.3, -0.25) is 0 Å². The Labute approximate surface area is 87.5 Å². The average molecular weight is 222 g/mol. The first-order valence-electron chi connectivity index (χ1n) is 5.07. The number of hydrogen-bond acceptors (Lipinski definition) is 3. The lowest BCUT2D eigenvalue weighted by Gasteiger charge is -2.23. The monoisotopic (exact) mass is 222 g/mol. The minimum atomic E-state index is -3.28. The lowest BCUT2D eigenvalue weighted by atomic mass is 10.2. The molecule has 5 heteroatoms. The van der Waals surface area contributed by atoms with Crippen molar-refractivity contribution in [2.24, 2.45) is 5.14 Å². The van der Waals surface area contributed by atoms with Gasteiger partial charge in [-0.05, 0) is 33.4 Å². The van der Waals surface area contributed by atoms with E-state index in [9.17, 15) is 8.42 Å². The summed E-state index contributed by atoms with van der Waals surface area (Å²) in [5.74, 6) is 0.0795. The fourth-order valence-electron chi connectivity index (χ4n) is 1.37. The van der Waals surface area contributed by atoms with Crippen LogP contribution in [-0.4, -0.2) is 38.7 Å². The van der Waals surface area contributed by atoms with E-state index in [1.54, 1.807) is 0 Å². The predicted octanol–water partition coefficient (Wildman–Crippen LogP) is 0.785. The Hall–Kier alpha value is -0.130. The van der Waals surface area contributed by atoms with Crippen molar-refractivity contribution in [3.8, 4) is 0 Å². The number of nitrogens with two attached hydrogens (primary N) is 1. The normalized spacial score (nSPS) is 14.6. The number of primary sulfonamides is 1. The van der Waals surface area contributed by atoms with Crippen LogP contribution in [0.25, 0.3) is 0 Å². The van der Waals surface area contributed by atoms with Gasteiger partial charge in [-0.2, -0.15) is 0 Å². The molecule has 0 aliphatic carbocycles. The van der Waals surface area contributed by atoms with Crippen LogP contribution >= 0.6 is 0 Å². The van der Waals surface area contributed by atoms with E-state index in [-0.39, 0.29) is 5.75 Å². The molecule has 1 atom stereocenters. The summed E-state index contributed by atoms with van der Waals surface area (Å²) in [6, 6.07) is 0.514. The Kier molecular flexibility index (Phi) is 6.31. The van der Waals surface area contributed by atoms with Crippen LogP contribution in [0.15, 0.2) is 0 Å². The molecular formula is C9H22N2O2S. The van der Waals surface area contributed by atoms with Crippen molar-refractivity contribution in [2.75, 3.05) is 19.3 Å². The van der Waals surface area contributed by atoms with Crippen LogP contribution in [0.3, 0.4) is 0 Å². The lowest BCUT2D eigenvalue weighted by molar-refractivity contribution is 0.246. The van der Waals surface area contributed by atoms with Crippen molar-refractivity contribution in [2.45, 2.75) is 39.2 Å². The van der Waals surface area contributed by atoms with E-state index < -0.39 is 10.0 Å². The van der Waals surface area contributed by atoms with Crippen molar-refractivity contribution < 1.29 is 8.42 Å². The van der Waals surface area contributed by atoms with E-state index in [4.69, 9.17) is 5.14 Å². The van der Waals surface area contributed by atoms with Crippen LogP contribution in [0.1, 0.15) is 33.1 Å². The zero-order valence-corrected chi connectivity index (χ0v) is 10.2. The van der Waals surface area contributed by atoms with Gasteiger partial charge in [-0.1, -0.05) is 13.3 Å². The summed E-state index contributed by atoms with van der Waals surface area (Å²) < 4.78 is 21.3. The van der Waals surface area contributed by atoms with Crippen molar-refractivity contribution in [1.82, 2.24) is 4.90 Å². The number of rotatable bonds is 7. The average Bonchev–Trinajstić information content (AvgIpc) is 2.02. The lowest BCUT2D eigenvalue weighted by Crippen LogP contribution is -2.31. The second-order valence-corrected chi connectivity index (χ2v) is 5.57. The first-order chi connectivity index (χ1) is 6.37. The Bertz CT molecular complexity index is 239. The molecule has 14 heavy (non-hydrogen) atoms. The summed E-state index contributed by atoms with van der Waals surface area (Å²) in [6.45, 7) is 5.09. The fraction of sp³-hybridized carbons (Fsp3) is 1.00. The highest BCUT2D eigenvalue weighted by molar-refractivity contribution is 7.89. The van der Waals surface area contributed by atoms with Gasteiger partial charge < -0.3 is 4.90 Å². The molecule has 0 rings (SSSR count). The van der Waals surface area contributed by atoms with Crippen molar-refractivity contribution in [1.29, 1.82) is 0 Å². The van der Waals surface area contributed by atoms with E-state index in [2.05, 4.69) is 18.7 Å². The molecule has 0 aromatic carbocycles. The second-order valence-electron chi connectivity index (χ2n) is 3.84. The number of nitrogens with zero attached hydrogens (tertiary/aromatic N) is 1. The molecule has 0 amide bonds. The SMILES string of the molecule is CCCC(C)N(C)CCCS(N)(=O)=O. The van der Waals surface area contributed by atoms with Gasteiger partial charge in [0.2, 0.25) is 10.0 Å². The minimum absolute atomic E-state index is 0.0795. The van der Waals surface area contributed by atoms with Crippen LogP contribution < -0.4 is 5.14 Å². The standard InChI is InChI=1S/C9H22N2O2S/c1-4-6-9(2)11(3)7-5-8-14(10,12)13/h9H,4-8H2,1-3H3,(H2,10,12,13). The smallest absolute Gasteiger partial charge is 0.209 e. The molecular weight excluding hydrogens is 200 g/mol. The summed E-state index contributed by atoms with van der Waals surface area (Å²) >= 11 is 0. The summed E-state index contributed by atoms with van der Waals surface area (Å²) in [6.07, 6.45) is 2.91. The highest BCUT2D eigenvalue weighted by Gasteiger charge is 2.09. The third kappa shape index (κ3) is 7.29. The van der Waals surface area contributed by atoms with Gasteiger partial charge in [0, 0.05) is 6.04 Å². The van der Waals surface area contributed by atoms with Gasteiger partial charge in [-0.15, -0.1) is 0 Å². The summed E-state index contributed by atoms with van der Waals surface area (Å²) in [5.41, 5.74) is 0. The molecule has 0 heterocycles. The van der Waals surface area contributed by atoms with Crippen LogP contribution in [0.5, 0.6) is 0 Å². The zero-order chi connectivity index (χ0) is 11.2. The van der Waals surface area contributed by atoms with Gasteiger partial charge in [-0.25, -0.2) is 13.6 Å². The second kappa shape index (κ2) is 6.37. The zero-order valence-electron chi connectivity index (χ0n) is 9.36. The third-order valence-electron chi connectivity index (χ3n) is 2.40. The maximum Gasteiger partial charge on any atom is 0.209 e. The predicted molar refractivity (Wildman–Crippen MR) is 59.6 cm³/mol. The van der Waals surface area contributed by atoms with Crippen LogP contribution in [-0.2, 0) is 10.0 Å². The van der Waals surface area contributed by atoms with Crippen molar-refractivity contribution >= 4 is 10.0 Å². The quantitative estimate of drug-likeness (QED) is 0.692. The molecule has 0 spiro atoms. The Balaban J connectivity index is 3.68. The number of sulfonamides is 1. The molecule has 0 aromatic heterocycles. The summed E-state index contributed by atoms with van der Waals surface area (Å²) in [5, 5.41) is 4.91. The van der Waals surface area contributed by atoms with E-state index in [0.717, 1.165) is 19.4 Å². The van der Waals surface area contributed by atoms with Gasteiger partial charge in [0.05, 0.1) is 5.75 Å². The summed E-state index contributed by atoms with van der Waals surface area (Å²) in [7, 11) is -1.27. The summed E-state index contributed by atoms with van der Waals surface area (Å²) in [4.78, 5) is 2.18. The van der Waals surface area contributed by atoms with Gasteiger partial charge >= 0.3 is 0 Å². The molecule has 86 valence electrons. The third-order valence-corrected chi connectivity index (χ3v) is 3.26. The molecule has 0 aromatic rings. The van der Waals surface area contributed by atoms with Crippen molar-refractivity contribution in [3.63, 3.8) is 0 Å². The van der Waals surface area contributed by atoms with E-state index in [1.165, 1.54) is 0 Å². The first kappa shape index (κ1) is 13.9. The van der Waals surface area contributed by atoms with Crippen LogP contribution in [0.4, 0.5) is 0 Å². The highest BCUT2D eigenvalue weighted by atomic mass is 32.2. The molecule has 4 nitrogen and oxygen atoms in total.